The molecule has 0 fully saturated rings. The van der Waals surface area contributed by atoms with E-state index in [9.17, 15) is 4.57 Å². The molecule has 3 nitrogen and oxygen atoms in total. The van der Waals surface area contributed by atoms with Crippen molar-refractivity contribution < 1.29 is 14.2 Å². The largest absolute Gasteiger partial charge is 0.484 e. The van der Waals surface area contributed by atoms with Crippen molar-refractivity contribution >= 4 is 7.37 Å². The van der Waals surface area contributed by atoms with Gasteiger partial charge in [-0.1, -0.05) is 19.1 Å². The summed E-state index contributed by atoms with van der Waals surface area (Å²) in [5, 5.41) is 0. The molecule has 0 aliphatic rings. The summed E-state index contributed by atoms with van der Waals surface area (Å²) in [6, 6.07) is 0. The molecule has 1 unspecified atom stereocenters. The van der Waals surface area contributed by atoms with E-state index in [1.165, 1.54) is 17.8 Å². The summed E-state index contributed by atoms with van der Waals surface area (Å²) in [5.41, 5.74) is 3.61. The number of rotatable bonds is 6. The van der Waals surface area contributed by atoms with Gasteiger partial charge in [-0.2, -0.15) is 0 Å². The van der Waals surface area contributed by atoms with Crippen LogP contribution < -0.4 is 0 Å². The maximum atomic E-state index is 11.1. The summed E-state index contributed by atoms with van der Waals surface area (Å²) in [6.45, 7) is 13.2. The van der Waals surface area contributed by atoms with Crippen LogP contribution in [0.15, 0.2) is 35.1 Å². The number of ether oxygens (including phenoxy) is 1. The lowest BCUT2D eigenvalue weighted by Gasteiger charge is -2.11. The Morgan fingerprint density at radius 3 is 2.29 bits per heavy atom. The first-order chi connectivity index (χ1) is 7.67. The zero-order valence-electron chi connectivity index (χ0n) is 11.4. The van der Waals surface area contributed by atoms with Gasteiger partial charge in [0.15, 0.2) is 6.35 Å². The Balaban J connectivity index is 4.65. The lowest BCUT2D eigenvalue weighted by molar-refractivity contribution is 0.266. The predicted octanol–water partition coefficient (Wildman–Crippen LogP) is 4.07. The number of allylic oxidation sites excluding steroid dienone is 4. The smallest absolute Gasteiger partial charge is 0.233 e. The zero-order chi connectivity index (χ0) is 13.6. The van der Waals surface area contributed by atoms with Gasteiger partial charge in [0.25, 0.3) is 0 Å². The van der Waals surface area contributed by atoms with Gasteiger partial charge in [0.05, 0.1) is 0 Å². The molecule has 0 saturated carbocycles. The summed E-state index contributed by atoms with van der Waals surface area (Å²) < 4.78 is 16.2. The molecule has 0 aromatic carbocycles. The lowest BCUT2D eigenvalue weighted by Crippen LogP contribution is -1.95. The molecule has 1 atom stereocenters. The van der Waals surface area contributed by atoms with Crippen LogP contribution in [0.1, 0.15) is 34.1 Å². The molecular weight excluding hydrogens is 235 g/mol. The van der Waals surface area contributed by atoms with Crippen molar-refractivity contribution in [2.75, 3.05) is 13.0 Å². The molecule has 17 heavy (non-hydrogen) atoms. The van der Waals surface area contributed by atoms with Gasteiger partial charge in [0.1, 0.15) is 5.76 Å². The molecule has 4 heteroatoms. The Labute approximate surface area is 104 Å². The fraction of sp³-hybridized carbons (Fsp3) is 0.538. The molecule has 0 bridgehead atoms. The van der Waals surface area contributed by atoms with Crippen LogP contribution in [-0.2, 0) is 9.30 Å². The molecule has 0 spiro atoms. The SMILES string of the molecule is C=C(/C=C(/C)C(CC)=C(C)C)OCP(C)(=O)O. The molecule has 0 heterocycles. The lowest BCUT2D eigenvalue weighted by atomic mass is 10.00. The summed E-state index contributed by atoms with van der Waals surface area (Å²) in [5.74, 6) is 0.422. The van der Waals surface area contributed by atoms with Crippen molar-refractivity contribution in [1.29, 1.82) is 0 Å². The van der Waals surface area contributed by atoms with Gasteiger partial charge in [-0.3, -0.25) is 4.57 Å². The van der Waals surface area contributed by atoms with Crippen LogP contribution in [0.5, 0.6) is 0 Å². The Morgan fingerprint density at radius 1 is 1.41 bits per heavy atom. The first-order valence-corrected chi connectivity index (χ1v) is 7.92. The summed E-state index contributed by atoms with van der Waals surface area (Å²) in [4.78, 5) is 9.10. The normalized spacial score (nSPS) is 15.1. The second kappa shape index (κ2) is 6.83. The molecule has 0 aromatic rings. The Morgan fingerprint density at radius 2 is 1.94 bits per heavy atom. The van der Waals surface area contributed by atoms with Crippen molar-refractivity contribution in [3.63, 3.8) is 0 Å². The third-order valence-electron chi connectivity index (χ3n) is 2.30. The molecule has 1 N–H and O–H groups in total. The van der Waals surface area contributed by atoms with Gasteiger partial charge >= 0.3 is 0 Å². The first-order valence-electron chi connectivity index (χ1n) is 5.63. The van der Waals surface area contributed by atoms with Crippen molar-refractivity contribution in [2.45, 2.75) is 34.1 Å². The van der Waals surface area contributed by atoms with Gasteiger partial charge in [-0.25, -0.2) is 0 Å². The predicted molar refractivity (Wildman–Crippen MR) is 73.3 cm³/mol. The standard InChI is InChI=1S/C13H23O3P/c1-7-13(10(2)3)11(4)8-12(5)16-9-17(6,14)15/h8H,5,7,9H2,1-4,6H3,(H,14,15)/b11-8-. The fourth-order valence-electron chi connectivity index (χ4n) is 1.60. The highest BCUT2D eigenvalue weighted by atomic mass is 31.2. The van der Waals surface area contributed by atoms with Gasteiger partial charge in [-0.15, -0.1) is 0 Å². The van der Waals surface area contributed by atoms with Crippen molar-refractivity contribution in [3.8, 4) is 0 Å². The summed E-state index contributed by atoms with van der Waals surface area (Å²) >= 11 is 0. The Bertz CT molecular complexity index is 381. The van der Waals surface area contributed by atoms with Gasteiger partial charge in [-0.05, 0) is 44.4 Å². The number of hydrogen-bond donors (Lipinski definition) is 1. The number of hydrogen-bond acceptors (Lipinski definition) is 2. The summed E-state index contributed by atoms with van der Waals surface area (Å²) in [6.07, 6.45) is 2.57. The minimum atomic E-state index is -3.14. The molecule has 0 aliphatic heterocycles. The Hall–Kier alpha value is -0.790. The van der Waals surface area contributed by atoms with Gasteiger partial charge in [0, 0.05) is 6.66 Å². The van der Waals surface area contributed by atoms with Crippen LogP contribution in [0.4, 0.5) is 0 Å². The van der Waals surface area contributed by atoms with Gasteiger partial charge < -0.3 is 9.63 Å². The topological polar surface area (TPSA) is 46.5 Å². The molecule has 0 rings (SSSR count). The molecule has 0 aliphatic carbocycles. The fourth-order valence-corrected chi connectivity index (χ4v) is 2.01. The maximum Gasteiger partial charge on any atom is 0.233 e. The monoisotopic (exact) mass is 258 g/mol. The van der Waals surface area contributed by atoms with E-state index in [0.29, 0.717) is 5.76 Å². The first kappa shape index (κ1) is 16.2. The van der Waals surface area contributed by atoms with Crippen LogP contribution in [0.3, 0.4) is 0 Å². The minimum absolute atomic E-state index is 0.189. The maximum absolute atomic E-state index is 11.1. The van der Waals surface area contributed by atoms with Crippen LogP contribution >= 0.6 is 7.37 Å². The second-order valence-electron chi connectivity index (χ2n) is 4.45. The summed E-state index contributed by atoms with van der Waals surface area (Å²) in [7, 11) is -3.14. The minimum Gasteiger partial charge on any atom is -0.484 e. The molecular formula is C13H23O3P. The van der Waals surface area contributed by atoms with Crippen LogP contribution in [-0.4, -0.2) is 17.9 Å². The molecule has 98 valence electrons. The highest BCUT2D eigenvalue weighted by molar-refractivity contribution is 7.56. The highest BCUT2D eigenvalue weighted by Crippen LogP contribution is 2.35. The third-order valence-corrected chi connectivity index (χ3v) is 2.91. The van der Waals surface area contributed by atoms with E-state index in [-0.39, 0.29) is 6.35 Å². The van der Waals surface area contributed by atoms with E-state index in [1.807, 2.05) is 13.0 Å². The van der Waals surface area contributed by atoms with E-state index < -0.39 is 7.37 Å². The van der Waals surface area contributed by atoms with Gasteiger partial charge in [0.2, 0.25) is 7.37 Å². The van der Waals surface area contributed by atoms with E-state index in [4.69, 9.17) is 9.63 Å². The average Bonchev–Trinajstić information content (AvgIpc) is 2.14. The van der Waals surface area contributed by atoms with Crippen LogP contribution in [0.2, 0.25) is 0 Å². The second-order valence-corrected chi connectivity index (χ2v) is 6.81. The molecule has 0 radical (unpaired) electrons. The zero-order valence-corrected chi connectivity index (χ0v) is 12.3. The molecule has 0 aromatic heterocycles. The van der Waals surface area contributed by atoms with Crippen molar-refractivity contribution in [2.24, 2.45) is 0 Å². The van der Waals surface area contributed by atoms with Crippen molar-refractivity contribution in [3.05, 3.63) is 35.1 Å². The van der Waals surface area contributed by atoms with E-state index in [2.05, 4.69) is 27.4 Å². The van der Waals surface area contributed by atoms with E-state index >= 15 is 0 Å². The average molecular weight is 258 g/mol. The van der Waals surface area contributed by atoms with Crippen molar-refractivity contribution in [1.82, 2.24) is 0 Å². The molecule has 0 saturated heterocycles. The van der Waals surface area contributed by atoms with Crippen LogP contribution in [0, 0.1) is 0 Å². The quantitative estimate of drug-likeness (QED) is 0.444. The van der Waals surface area contributed by atoms with E-state index in [1.54, 1.807) is 0 Å². The Kier molecular flexibility index (Phi) is 6.51. The third kappa shape index (κ3) is 7.19. The molecule has 0 amide bonds. The highest BCUT2D eigenvalue weighted by Gasteiger charge is 2.10. The van der Waals surface area contributed by atoms with E-state index in [0.717, 1.165) is 12.0 Å². The van der Waals surface area contributed by atoms with Crippen LogP contribution in [0.25, 0.3) is 0 Å².